The Morgan fingerprint density at radius 2 is 1.81 bits per heavy atom. The molecule has 0 aromatic carbocycles. The van der Waals surface area contributed by atoms with E-state index in [-0.39, 0.29) is 17.9 Å². The van der Waals surface area contributed by atoms with E-state index in [1.54, 1.807) is 0 Å². The molecule has 90 valence electrons. The van der Waals surface area contributed by atoms with Crippen molar-refractivity contribution in [2.75, 3.05) is 26.2 Å². The minimum absolute atomic E-state index is 0.144. The quantitative estimate of drug-likeness (QED) is 0.708. The lowest BCUT2D eigenvalue weighted by molar-refractivity contribution is -0.132. The van der Waals surface area contributed by atoms with Gasteiger partial charge >= 0.3 is 0 Å². The van der Waals surface area contributed by atoms with Crippen LogP contribution in [0.15, 0.2) is 0 Å². The van der Waals surface area contributed by atoms with Gasteiger partial charge in [0.2, 0.25) is 11.8 Å². The molecule has 16 heavy (non-hydrogen) atoms. The first-order valence-electron chi connectivity index (χ1n) is 5.99. The van der Waals surface area contributed by atoms with E-state index in [1.165, 1.54) is 0 Å². The van der Waals surface area contributed by atoms with Crippen LogP contribution < -0.4 is 5.73 Å². The van der Waals surface area contributed by atoms with Crippen molar-refractivity contribution in [2.45, 2.75) is 31.7 Å². The number of primary amides is 1. The Morgan fingerprint density at radius 3 is 2.44 bits per heavy atom. The summed E-state index contributed by atoms with van der Waals surface area (Å²) in [6.45, 7) is 2.91. The summed E-state index contributed by atoms with van der Waals surface area (Å²) in [6, 6.07) is -0.230. The maximum Gasteiger partial charge on any atom is 0.236 e. The van der Waals surface area contributed by atoms with Crippen LogP contribution in [-0.4, -0.2) is 53.8 Å². The van der Waals surface area contributed by atoms with Crippen LogP contribution in [0.1, 0.15) is 25.7 Å². The molecule has 5 nitrogen and oxygen atoms in total. The molecule has 2 aliphatic heterocycles. The number of rotatable bonds is 3. The summed E-state index contributed by atoms with van der Waals surface area (Å²) in [6.07, 6.45) is 3.96. The highest BCUT2D eigenvalue weighted by Crippen LogP contribution is 2.17. The minimum atomic E-state index is -0.299. The Bertz CT molecular complexity index is 287. The number of carbonyl (C=O) groups excluding carboxylic acids is 2. The van der Waals surface area contributed by atoms with E-state index in [2.05, 4.69) is 0 Å². The van der Waals surface area contributed by atoms with Gasteiger partial charge in [-0.1, -0.05) is 0 Å². The van der Waals surface area contributed by atoms with E-state index < -0.39 is 0 Å². The van der Waals surface area contributed by atoms with Crippen LogP contribution >= 0.6 is 0 Å². The molecule has 2 rings (SSSR count). The van der Waals surface area contributed by atoms with E-state index in [4.69, 9.17) is 5.73 Å². The van der Waals surface area contributed by atoms with E-state index in [0.29, 0.717) is 6.54 Å². The number of nitrogens with two attached hydrogens (primary N) is 1. The van der Waals surface area contributed by atoms with Crippen molar-refractivity contribution < 1.29 is 9.59 Å². The standard InChI is InChI=1S/C11H19N3O2/c12-11(16)9-4-3-7-14(9)8-10(15)13-5-1-2-6-13/h9H,1-8H2,(H2,12,16). The zero-order chi connectivity index (χ0) is 11.5. The van der Waals surface area contributed by atoms with Crippen LogP contribution in [-0.2, 0) is 9.59 Å². The van der Waals surface area contributed by atoms with Gasteiger partial charge in [-0.05, 0) is 32.2 Å². The zero-order valence-corrected chi connectivity index (χ0v) is 9.52. The van der Waals surface area contributed by atoms with Gasteiger partial charge in [0.15, 0.2) is 0 Å². The molecular formula is C11H19N3O2. The van der Waals surface area contributed by atoms with E-state index in [9.17, 15) is 9.59 Å². The van der Waals surface area contributed by atoms with Crippen molar-refractivity contribution in [3.63, 3.8) is 0 Å². The monoisotopic (exact) mass is 225 g/mol. The first kappa shape index (κ1) is 11.4. The molecular weight excluding hydrogens is 206 g/mol. The first-order chi connectivity index (χ1) is 7.68. The second kappa shape index (κ2) is 4.82. The fourth-order valence-corrected chi connectivity index (χ4v) is 2.58. The fraction of sp³-hybridized carbons (Fsp3) is 0.818. The van der Waals surface area contributed by atoms with Gasteiger partial charge in [0.25, 0.3) is 0 Å². The molecule has 2 heterocycles. The van der Waals surface area contributed by atoms with Gasteiger partial charge in [-0.25, -0.2) is 0 Å². The summed E-state index contributed by atoms with van der Waals surface area (Å²) >= 11 is 0. The van der Waals surface area contributed by atoms with Crippen molar-refractivity contribution in [3.8, 4) is 0 Å². The third-order valence-corrected chi connectivity index (χ3v) is 3.49. The second-order valence-electron chi connectivity index (χ2n) is 4.62. The molecule has 0 radical (unpaired) electrons. The molecule has 2 fully saturated rings. The summed E-state index contributed by atoms with van der Waals surface area (Å²) in [7, 11) is 0. The van der Waals surface area contributed by atoms with Crippen LogP contribution in [0.5, 0.6) is 0 Å². The van der Waals surface area contributed by atoms with Crippen LogP contribution in [0.2, 0.25) is 0 Å². The predicted molar refractivity (Wildman–Crippen MR) is 59.6 cm³/mol. The Hall–Kier alpha value is -1.10. The maximum atomic E-state index is 11.9. The molecule has 0 saturated carbocycles. The van der Waals surface area contributed by atoms with Gasteiger partial charge in [-0.15, -0.1) is 0 Å². The lowest BCUT2D eigenvalue weighted by Gasteiger charge is -2.24. The minimum Gasteiger partial charge on any atom is -0.368 e. The van der Waals surface area contributed by atoms with Crippen LogP contribution in [0.25, 0.3) is 0 Å². The first-order valence-corrected chi connectivity index (χ1v) is 5.99. The largest absolute Gasteiger partial charge is 0.368 e. The van der Waals surface area contributed by atoms with Crippen LogP contribution in [0, 0.1) is 0 Å². The fourth-order valence-electron chi connectivity index (χ4n) is 2.58. The van der Waals surface area contributed by atoms with E-state index >= 15 is 0 Å². The molecule has 0 aliphatic carbocycles. The maximum absolute atomic E-state index is 11.9. The Morgan fingerprint density at radius 1 is 1.12 bits per heavy atom. The van der Waals surface area contributed by atoms with Crippen molar-refractivity contribution in [3.05, 3.63) is 0 Å². The van der Waals surface area contributed by atoms with Crippen LogP contribution in [0.3, 0.4) is 0 Å². The van der Waals surface area contributed by atoms with Gasteiger partial charge in [-0.2, -0.15) is 0 Å². The number of likely N-dealkylation sites (tertiary alicyclic amines) is 2. The lowest BCUT2D eigenvalue weighted by Crippen LogP contribution is -2.45. The van der Waals surface area contributed by atoms with Crippen molar-refractivity contribution >= 4 is 11.8 Å². The molecule has 0 spiro atoms. The third-order valence-electron chi connectivity index (χ3n) is 3.49. The highest BCUT2D eigenvalue weighted by molar-refractivity contribution is 5.82. The summed E-state index contributed by atoms with van der Waals surface area (Å²) in [5.74, 6) is -0.155. The zero-order valence-electron chi connectivity index (χ0n) is 9.52. The average molecular weight is 225 g/mol. The number of hydrogen-bond donors (Lipinski definition) is 1. The van der Waals surface area contributed by atoms with Crippen molar-refractivity contribution in [1.82, 2.24) is 9.80 Å². The van der Waals surface area contributed by atoms with E-state index in [1.807, 2.05) is 9.80 Å². The average Bonchev–Trinajstić information content (AvgIpc) is 2.86. The molecule has 0 bridgehead atoms. The van der Waals surface area contributed by atoms with Crippen LogP contribution in [0.4, 0.5) is 0 Å². The number of carbonyl (C=O) groups is 2. The Kier molecular flexibility index (Phi) is 3.43. The van der Waals surface area contributed by atoms with E-state index in [0.717, 1.165) is 45.3 Å². The topological polar surface area (TPSA) is 66.6 Å². The molecule has 2 aliphatic rings. The summed E-state index contributed by atoms with van der Waals surface area (Å²) in [5.41, 5.74) is 5.31. The molecule has 0 aromatic heterocycles. The third kappa shape index (κ3) is 2.35. The van der Waals surface area contributed by atoms with Crippen molar-refractivity contribution in [2.24, 2.45) is 5.73 Å². The number of nitrogens with zero attached hydrogens (tertiary/aromatic N) is 2. The summed E-state index contributed by atoms with van der Waals surface area (Å²) in [5, 5.41) is 0. The molecule has 2 saturated heterocycles. The highest BCUT2D eigenvalue weighted by atomic mass is 16.2. The molecule has 0 aromatic rings. The van der Waals surface area contributed by atoms with Gasteiger partial charge < -0.3 is 10.6 Å². The normalized spacial score (nSPS) is 26.2. The summed E-state index contributed by atoms with van der Waals surface area (Å²) in [4.78, 5) is 26.9. The molecule has 5 heteroatoms. The number of amides is 2. The molecule has 2 amide bonds. The van der Waals surface area contributed by atoms with Gasteiger partial charge in [0, 0.05) is 13.1 Å². The van der Waals surface area contributed by atoms with Gasteiger partial charge in [0.05, 0.1) is 12.6 Å². The van der Waals surface area contributed by atoms with Crippen molar-refractivity contribution in [1.29, 1.82) is 0 Å². The second-order valence-corrected chi connectivity index (χ2v) is 4.62. The Balaban J connectivity index is 1.88. The lowest BCUT2D eigenvalue weighted by atomic mass is 10.2. The summed E-state index contributed by atoms with van der Waals surface area (Å²) < 4.78 is 0. The Labute approximate surface area is 95.6 Å². The van der Waals surface area contributed by atoms with Gasteiger partial charge in [0.1, 0.15) is 0 Å². The SMILES string of the molecule is NC(=O)C1CCCN1CC(=O)N1CCCC1. The van der Waals surface area contributed by atoms with Gasteiger partial charge in [-0.3, -0.25) is 14.5 Å². The number of hydrogen-bond acceptors (Lipinski definition) is 3. The molecule has 1 unspecified atom stereocenters. The smallest absolute Gasteiger partial charge is 0.236 e. The highest BCUT2D eigenvalue weighted by Gasteiger charge is 2.31. The predicted octanol–water partition coefficient (Wildman–Crippen LogP) is -0.441. The molecule has 1 atom stereocenters. The molecule has 2 N–H and O–H groups in total.